The van der Waals surface area contributed by atoms with E-state index in [1.54, 1.807) is 0 Å². The first-order valence-corrected chi connectivity index (χ1v) is 6.21. The minimum atomic E-state index is -4.80. The summed E-state index contributed by atoms with van der Waals surface area (Å²) in [7, 11) is -4.80. The van der Waals surface area contributed by atoms with Crippen LogP contribution in [0.2, 0.25) is 0 Å². The third-order valence-electron chi connectivity index (χ3n) is 2.36. The molecule has 16 heavy (non-hydrogen) atoms. The van der Waals surface area contributed by atoms with E-state index in [0.717, 1.165) is 18.9 Å². The van der Waals surface area contributed by atoms with Crippen molar-refractivity contribution in [3.8, 4) is 0 Å². The monoisotopic (exact) mass is 243 g/mol. The summed E-state index contributed by atoms with van der Waals surface area (Å²) in [4.78, 5) is 10.9. The Balaban J connectivity index is 2.29. The van der Waals surface area contributed by atoms with Crippen molar-refractivity contribution in [2.75, 3.05) is 5.32 Å². The summed E-state index contributed by atoms with van der Waals surface area (Å²) >= 11 is 0. The van der Waals surface area contributed by atoms with Crippen molar-refractivity contribution in [3.63, 3.8) is 0 Å². The standard InChI is InChI=1S/C10H10FNO3S/c11-16(14,15)9-4-2-1-3-8(9)12-10(13)7-5-6-7/h1-4,7H,5-6H2,(H,12,13). The highest BCUT2D eigenvalue weighted by atomic mass is 32.3. The molecule has 1 aliphatic carbocycles. The predicted molar refractivity (Wildman–Crippen MR) is 56.1 cm³/mol. The van der Waals surface area contributed by atoms with E-state index in [9.17, 15) is 17.1 Å². The second-order valence-corrected chi connectivity index (χ2v) is 5.01. The lowest BCUT2D eigenvalue weighted by Crippen LogP contribution is -2.15. The molecule has 1 N–H and O–H groups in total. The van der Waals surface area contributed by atoms with Crippen molar-refractivity contribution in [2.45, 2.75) is 17.7 Å². The molecule has 0 aromatic heterocycles. The van der Waals surface area contributed by atoms with Crippen molar-refractivity contribution in [2.24, 2.45) is 5.92 Å². The van der Waals surface area contributed by atoms with E-state index in [0.29, 0.717) is 0 Å². The molecule has 6 heteroatoms. The van der Waals surface area contributed by atoms with Gasteiger partial charge in [0.05, 0.1) is 5.69 Å². The largest absolute Gasteiger partial charge is 0.334 e. The van der Waals surface area contributed by atoms with Gasteiger partial charge in [-0.05, 0) is 25.0 Å². The van der Waals surface area contributed by atoms with Crippen LogP contribution in [0.1, 0.15) is 12.8 Å². The van der Waals surface area contributed by atoms with Crippen LogP contribution in [0.25, 0.3) is 0 Å². The zero-order valence-electron chi connectivity index (χ0n) is 8.31. The first-order chi connectivity index (χ1) is 7.48. The molecular formula is C10H10FNO3S. The molecule has 4 nitrogen and oxygen atoms in total. The minimum Gasteiger partial charge on any atom is -0.325 e. The highest BCUT2D eigenvalue weighted by Gasteiger charge is 2.30. The van der Waals surface area contributed by atoms with Gasteiger partial charge in [-0.25, -0.2) is 0 Å². The topological polar surface area (TPSA) is 63.2 Å². The van der Waals surface area contributed by atoms with Gasteiger partial charge in [0.2, 0.25) is 5.91 Å². The number of carbonyl (C=O) groups is 1. The molecule has 1 amide bonds. The molecule has 86 valence electrons. The van der Waals surface area contributed by atoms with E-state index in [1.165, 1.54) is 18.2 Å². The van der Waals surface area contributed by atoms with E-state index in [-0.39, 0.29) is 17.5 Å². The third kappa shape index (κ3) is 2.38. The molecule has 0 atom stereocenters. The molecule has 1 aromatic rings. The van der Waals surface area contributed by atoms with E-state index < -0.39 is 15.1 Å². The van der Waals surface area contributed by atoms with Crippen LogP contribution in [0.15, 0.2) is 29.2 Å². The van der Waals surface area contributed by atoms with Gasteiger partial charge in [-0.2, -0.15) is 8.42 Å². The van der Waals surface area contributed by atoms with Crippen LogP contribution in [-0.4, -0.2) is 14.3 Å². The number of hydrogen-bond acceptors (Lipinski definition) is 3. The Kier molecular flexibility index (Phi) is 2.67. The van der Waals surface area contributed by atoms with Crippen LogP contribution in [0.3, 0.4) is 0 Å². The Morgan fingerprint density at radius 3 is 2.50 bits per heavy atom. The third-order valence-corrected chi connectivity index (χ3v) is 3.24. The molecule has 1 aromatic carbocycles. The summed E-state index contributed by atoms with van der Waals surface area (Å²) in [6, 6.07) is 5.43. The van der Waals surface area contributed by atoms with Gasteiger partial charge in [0.25, 0.3) is 0 Å². The molecule has 0 radical (unpaired) electrons. The molecule has 0 spiro atoms. The first kappa shape index (κ1) is 11.1. The van der Waals surface area contributed by atoms with Gasteiger partial charge in [0.15, 0.2) is 0 Å². The smallest absolute Gasteiger partial charge is 0.325 e. The second kappa shape index (κ2) is 3.86. The molecular weight excluding hydrogens is 233 g/mol. The molecule has 0 heterocycles. The van der Waals surface area contributed by atoms with E-state index in [1.807, 2.05) is 0 Å². The van der Waals surface area contributed by atoms with Crippen molar-refractivity contribution < 1.29 is 17.1 Å². The highest BCUT2D eigenvalue weighted by molar-refractivity contribution is 7.86. The number of halogens is 1. The lowest BCUT2D eigenvalue weighted by atomic mass is 10.3. The van der Waals surface area contributed by atoms with Gasteiger partial charge in [-0.3, -0.25) is 4.79 Å². The van der Waals surface area contributed by atoms with Crippen LogP contribution >= 0.6 is 0 Å². The van der Waals surface area contributed by atoms with Crippen LogP contribution in [0.5, 0.6) is 0 Å². The van der Waals surface area contributed by atoms with E-state index >= 15 is 0 Å². The molecule has 0 unspecified atom stereocenters. The SMILES string of the molecule is O=C(Nc1ccccc1S(=O)(=O)F)C1CC1. The maximum absolute atomic E-state index is 12.9. The fourth-order valence-electron chi connectivity index (χ4n) is 1.36. The lowest BCUT2D eigenvalue weighted by molar-refractivity contribution is -0.117. The Morgan fingerprint density at radius 1 is 1.31 bits per heavy atom. The number of nitrogens with one attached hydrogen (secondary N) is 1. The van der Waals surface area contributed by atoms with Gasteiger partial charge < -0.3 is 5.32 Å². The molecule has 1 fully saturated rings. The van der Waals surface area contributed by atoms with Crippen molar-refractivity contribution in [1.82, 2.24) is 0 Å². The number of hydrogen-bond donors (Lipinski definition) is 1. The molecule has 0 bridgehead atoms. The number of para-hydroxylation sites is 1. The van der Waals surface area contributed by atoms with Crippen LogP contribution in [0, 0.1) is 5.92 Å². The number of anilines is 1. The summed E-state index contributed by atoms with van der Waals surface area (Å²) in [5.41, 5.74) is 0.00176. The van der Waals surface area contributed by atoms with E-state index in [2.05, 4.69) is 5.32 Å². The Morgan fingerprint density at radius 2 is 1.94 bits per heavy atom. The van der Waals surface area contributed by atoms with Gasteiger partial charge in [0, 0.05) is 5.92 Å². The molecule has 1 saturated carbocycles. The summed E-state index contributed by atoms with van der Waals surface area (Å²) in [6.45, 7) is 0. The van der Waals surface area contributed by atoms with E-state index in [4.69, 9.17) is 0 Å². The van der Waals surface area contributed by atoms with Crippen molar-refractivity contribution >= 4 is 21.8 Å². The maximum atomic E-state index is 12.9. The maximum Gasteiger partial charge on any atom is 0.334 e. The number of rotatable bonds is 3. The minimum absolute atomic E-state index is 0.00176. The second-order valence-electron chi connectivity index (χ2n) is 3.70. The van der Waals surface area contributed by atoms with Crippen LogP contribution < -0.4 is 5.32 Å². The van der Waals surface area contributed by atoms with Gasteiger partial charge in [-0.1, -0.05) is 12.1 Å². The zero-order chi connectivity index (χ0) is 11.8. The van der Waals surface area contributed by atoms with Crippen LogP contribution in [0.4, 0.5) is 9.57 Å². The average molecular weight is 243 g/mol. The normalized spacial score (nSPS) is 15.8. The number of carbonyl (C=O) groups excluding carboxylic acids is 1. The lowest BCUT2D eigenvalue weighted by Gasteiger charge is -2.07. The van der Waals surface area contributed by atoms with Crippen LogP contribution in [-0.2, 0) is 15.0 Å². The molecule has 0 saturated heterocycles. The number of benzene rings is 1. The van der Waals surface area contributed by atoms with Gasteiger partial charge in [-0.15, -0.1) is 3.89 Å². The summed E-state index contributed by atoms with van der Waals surface area (Å²) < 4.78 is 34.5. The fraction of sp³-hybridized carbons (Fsp3) is 0.300. The Hall–Kier alpha value is -1.43. The summed E-state index contributed by atoms with van der Waals surface area (Å²) in [5, 5.41) is 2.42. The molecule has 2 rings (SSSR count). The van der Waals surface area contributed by atoms with Gasteiger partial charge in [0.1, 0.15) is 4.90 Å². The molecule has 0 aliphatic heterocycles. The fourth-order valence-corrected chi connectivity index (χ4v) is 1.99. The first-order valence-electron chi connectivity index (χ1n) is 4.83. The Bertz CT molecular complexity index is 523. The zero-order valence-corrected chi connectivity index (χ0v) is 9.13. The average Bonchev–Trinajstić information content (AvgIpc) is 2.99. The highest BCUT2D eigenvalue weighted by Crippen LogP contribution is 2.31. The Labute approximate surface area is 92.7 Å². The molecule has 1 aliphatic rings. The predicted octanol–water partition coefficient (Wildman–Crippen LogP) is 1.69. The summed E-state index contributed by atoms with van der Waals surface area (Å²) in [6.07, 6.45) is 1.60. The number of amides is 1. The van der Waals surface area contributed by atoms with Gasteiger partial charge >= 0.3 is 10.2 Å². The van der Waals surface area contributed by atoms with Crippen molar-refractivity contribution in [3.05, 3.63) is 24.3 Å². The summed E-state index contributed by atoms with van der Waals surface area (Å²) in [5.74, 6) is -0.313. The van der Waals surface area contributed by atoms with Crippen molar-refractivity contribution in [1.29, 1.82) is 0 Å². The quantitative estimate of drug-likeness (QED) is 0.822.